The Kier molecular flexibility index (Phi) is 8.19. The molecule has 0 heterocycles. The maximum atomic E-state index is 13.0. The third-order valence-corrected chi connectivity index (χ3v) is 6.62. The SMILES string of the molecule is CC(NC(=O)COC(=O)CN(C)S(=O)(=O)c1ccc(F)cc1)c1ccc(Cl)c(Cl)c1. The molecule has 1 unspecified atom stereocenters. The molecule has 30 heavy (non-hydrogen) atoms. The summed E-state index contributed by atoms with van der Waals surface area (Å²) in [5.41, 5.74) is 0.703. The van der Waals surface area contributed by atoms with Crippen molar-refractivity contribution in [2.45, 2.75) is 17.9 Å². The second kappa shape index (κ2) is 10.2. The van der Waals surface area contributed by atoms with Crippen LogP contribution in [0.5, 0.6) is 0 Å². The van der Waals surface area contributed by atoms with Crippen molar-refractivity contribution in [1.29, 1.82) is 0 Å². The predicted molar refractivity (Wildman–Crippen MR) is 110 cm³/mol. The molecule has 0 saturated heterocycles. The molecule has 0 aliphatic heterocycles. The highest BCUT2D eigenvalue weighted by Gasteiger charge is 2.24. The maximum absolute atomic E-state index is 13.0. The van der Waals surface area contributed by atoms with Gasteiger partial charge >= 0.3 is 5.97 Å². The second-order valence-electron chi connectivity index (χ2n) is 6.34. The van der Waals surface area contributed by atoms with E-state index in [0.717, 1.165) is 28.6 Å². The van der Waals surface area contributed by atoms with E-state index >= 15 is 0 Å². The van der Waals surface area contributed by atoms with Crippen LogP contribution in [0.2, 0.25) is 10.0 Å². The van der Waals surface area contributed by atoms with Crippen molar-refractivity contribution in [2.75, 3.05) is 20.2 Å². The lowest BCUT2D eigenvalue weighted by Gasteiger charge is -2.17. The molecule has 0 aliphatic carbocycles. The van der Waals surface area contributed by atoms with Crippen LogP contribution in [-0.4, -0.2) is 44.8 Å². The largest absolute Gasteiger partial charge is 0.455 e. The van der Waals surface area contributed by atoms with Gasteiger partial charge in [-0.3, -0.25) is 9.59 Å². The van der Waals surface area contributed by atoms with Gasteiger partial charge in [-0.2, -0.15) is 4.31 Å². The van der Waals surface area contributed by atoms with E-state index in [4.69, 9.17) is 27.9 Å². The molecule has 1 atom stereocenters. The minimum absolute atomic E-state index is 0.174. The molecule has 0 aliphatic rings. The predicted octanol–water partition coefficient (Wildman–Crippen LogP) is 3.17. The van der Waals surface area contributed by atoms with Crippen LogP contribution in [0.25, 0.3) is 0 Å². The van der Waals surface area contributed by atoms with Gasteiger partial charge in [-0.25, -0.2) is 12.8 Å². The smallest absolute Gasteiger partial charge is 0.321 e. The lowest BCUT2D eigenvalue weighted by molar-refractivity contribution is -0.148. The minimum Gasteiger partial charge on any atom is -0.455 e. The molecule has 0 fully saturated rings. The Morgan fingerprint density at radius 1 is 1.13 bits per heavy atom. The van der Waals surface area contributed by atoms with Crippen molar-refractivity contribution in [3.8, 4) is 0 Å². The molecule has 0 bridgehead atoms. The molecule has 2 aromatic carbocycles. The van der Waals surface area contributed by atoms with Crippen LogP contribution in [0.4, 0.5) is 4.39 Å². The van der Waals surface area contributed by atoms with E-state index in [9.17, 15) is 22.4 Å². The quantitative estimate of drug-likeness (QED) is 0.590. The fourth-order valence-electron chi connectivity index (χ4n) is 2.39. The topological polar surface area (TPSA) is 92.8 Å². The van der Waals surface area contributed by atoms with E-state index in [-0.39, 0.29) is 4.90 Å². The van der Waals surface area contributed by atoms with E-state index < -0.39 is 46.9 Å². The first kappa shape index (κ1) is 24.1. The normalized spacial score (nSPS) is 12.5. The van der Waals surface area contributed by atoms with Crippen LogP contribution in [0.3, 0.4) is 0 Å². The number of ether oxygens (including phenoxy) is 1. The molecule has 2 rings (SSSR count). The van der Waals surface area contributed by atoms with Gasteiger partial charge in [-0.05, 0) is 48.9 Å². The van der Waals surface area contributed by atoms with Crippen molar-refractivity contribution < 1.29 is 27.1 Å². The Bertz CT molecular complexity index is 1030. The second-order valence-corrected chi connectivity index (χ2v) is 9.20. The average molecular weight is 477 g/mol. The Balaban J connectivity index is 1.86. The summed E-state index contributed by atoms with van der Waals surface area (Å²) in [7, 11) is -2.84. The number of esters is 1. The molecule has 2 aromatic rings. The number of carbonyl (C=O) groups excluding carboxylic acids is 2. The van der Waals surface area contributed by atoms with Gasteiger partial charge in [-0.1, -0.05) is 29.3 Å². The van der Waals surface area contributed by atoms with Gasteiger partial charge in [0.15, 0.2) is 6.61 Å². The number of benzene rings is 2. The summed E-state index contributed by atoms with van der Waals surface area (Å²) in [6.07, 6.45) is 0. The minimum atomic E-state index is -4.01. The van der Waals surface area contributed by atoms with Crippen LogP contribution >= 0.6 is 23.2 Å². The molecule has 1 N–H and O–H groups in total. The highest BCUT2D eigenvalue weighted by atomic mass is 35.5. The summed E-state index contributed by atoms with van der Waals surface area (Å²) in [5.74, 6) is -2.08. The van der Waals surface area contributed by atoms with Crippen molar-refractivity contribution in [2.24, 2.45) is 0 Å². The number of sulfonamides is 1. The van der Waals surface area contributed by atoms with E-state index in [0.29, 0.717) is 15.6 Å². The number of halogens is 3. The van der Waals surface area contributed by atoms with Crippen molar-refractivity contribution in [3.05, 3.63) is 63.9 Å². The Morgan fingerprint density at radius 3 is 2.37 bits per heavy atom. The fourth-order valence-corrected chi connectivity index (χ4v) is 3.81. The van der Waals surface area contributed by atoms with Crippen LogP contribution in [-0.2, 0) is 24.3 Å². The molecule has 0 aromatic heterocycles. The van der Waals surface area contributed by atoms with Crippen LogP contribution in [0.15, 0.2) is 47.4 Å². The van der Waals surface area contributed by atoms with Crippen LogP contribution < -0.4 is 5.32 Å². The van der Waals surface area contributed by atoms with Gasteiger partial charge in [0.2, 0.25) is 10.0 Å². The number of carbonyl (C=O) groups is 2. The Hall–Kier alpha value is -2.20. The zero-order valence-electron chi connectivity index (χ0n) is 16.1. The Morgan fingerprint density at radius 2 is 1.77 bits per heavy atom. The summed E-state index contributed by atoms with van der Waals surface area (Å²) in [4.78, 5) is 23.8. The van der Waals surface area contributed by atoms with Gasteiger partial charge < -0.3 is 10.1 Å². The van der Waals surface area contributed by atoms with Gasteiger partial charge in [-0.15, -0.1) is 0 Å². The summed E-state index contributed by atoms with van der Waals surface area (Å²) in [5, 5.41) is 3.35. The zero-order valence-corrected chi connectivity index (χ0v) is 18.4. The molecule has 0 spiro atoms. The van der Waals surface area contributed by atoms with Crippen molar-refractivity contribution >= 4 is 45.1 Å². The molecule has 11 heteroatoms. The monoisotopic (exact) mass is 476 g/mol. The first-order chi connectivity index (χ1) is 14.0. The average Bonchev–Trinajstić information content (AvgIpc) is 2.68. The molecular weight excluding hydrogens is 458 g/mol. The number of amides is 1. The number of nitrogens with one attached hydrogen (secondary N) is 1. The van der Waals surface area contributed by atoms with Crippen LogP contribution in [0, 0.1) is 5.82 Å². The first-order valence-corrected chi connectivity index (χ1v) is 10.8. The third-order valence-electron chi connectivity index (χ3n) is 4.06. The number of rotatable bonds is 8. The maximum Gasteiger partial charge on any atom is 0.321 e. The van der Waals surface area contributed by atoms with Gasteiger partial charge in [0.1, 0.15) is 12.4 Å². The van der Waals surface area contributed by atoms with Crippen molar-refractivity contribution in [1.82, 2.24) is 9.62 Å². The van der Waals surface area contributed by atoms with Gasteiger partial charge in [0.05, 0.1) is 21.0 Å². The number of nitrogens with zero attached hydrogens (tertiary/aromatic N) is 1. The summed E-state index contributed by atoms with van der Waals surface area (Å²) in [6.45, 7) is 0.507. The number of hydrogen-bond acceptors (Lipinski definition) is 5. The standard InChI is InChI=1S/C19H19Cl2FN2O5S/c1-12(13-3-8-16(20)17(21)9-13)23-18(25)11-29-19(26)10-24(2)30(27,28)15-6-4-14(22)5-7-15/h3-9,12H,10-11H2,1-2H3,(H,23,25). The van der Waals surface area contributed by atoms with E-state index in [1.165, 1.54) is 7.05 Å². The Labute approximate surface area is 183 Å². The lowest BCUT2D eigenvalue weighted by Crippen LogP contribution is -2.36. The van der Waals surface area contributed by atoms with E-state index in [2.05, 4.69) is 5.32 Å². The molecule has 162 valence electrons. The first-order valence-electron chi connectivity index (χ1n) is 8.62. The number of likely N-dealkylation sites (N-methyl/N-ethyl adjacent to an activating group) is 1. The summed E-state index contributed by atoms with van der Waals surface area (Å²) < 4.78 is 43.3. The molecule has 7 nitrogen and oxygen atoms in total. The summed E-state index contributed by atoms with van der Waals surface area (Å²) >= 11 is 11.8. The zero-order chi connectivity index (χ0) is 22.5. The third kappa shape index (κ3) is 6.40. The highest BCUT2D eigenvalue weighted by molar-refractivity contribution is 7.89. The summed E-state index contributed by atoms with van der Waals surface area (Å²) in [6, 6.07) is 8.65. The molecule has 0 saturated carbocycles. The molecule has 0 radical (unpaired) electrons. The van der Waals surface area contributed by atoms with Gasteiger partial charge in [0.25, 0.3) is 5.91 Å². The van der Waals surface area contributed by atoms with Gasteiger partial charge in [0, 0.05) is 7.05 Å². The molecule has 1 amide bonds. The van der Waals surface area contributed by atoms with Crippen LogP contribution in [0.1, 0.15) is 18.5 Å². The lowest BCUT2D eigenvalue weighted by atomic mass is 10.1. The fraction of sp³-hybridized carbons (Fsp3) is 0.263. The molecular formula is C19H19Cl2FN2O5S. The highest BCUT2D eigenvalue weighted by Crippen LogP contribution is 2.25. The number of hydrogen-bond donors (Lipinski definition) is 1. The van der Waals surface area contributed by atoms with E-state index in [1.54, 1.807) is 25.1 Å². The van der Waals surface area contributed by atoms with E-state index in [1.807, 2.05) is 0 Å². The van der Waals surface area contributed by atoms with Crippen molar-refractivity contribution in [3.63, 3.8) is 0 Å².